The molecule has 0 N–H and O–H groups in total. The van der Waals surface area contributed by atoms with E-state index in [4.69, 9.17) is 5.26 Å². The van der Waals surface area contributed by atoms with Gasteiger partial charge in [-0.2, -0.15) is 5.26 Å². The molecule has 0 saturated carbocycles. The zero-order valence-electron chi connectivity index (χ0n) is 5.17. The molecule has 0 spiro atoms. The van der Waals surface area contributed by atoms with Gasteiger partial charge in [0.1, 0.15) is 6.07 Å². The maximum absolute atomic E-state index is 10.2. The highest BCUT2D eigenvalue weighted by atomic mass is 32.2. The first-order valence-corrected chi connectivity index (χ1v) is 3.42. The predicted molar refractivity (Wildman–Crippen MR) is 34.1 cm³/mol. The first kappa shape index (κ1) is 8.31. The molecule has 0 fully saturated rings. The van der Waals surface area contributed by atoms with Crippen LogP contribution in [0, 0.1) is 16.8 Å². The highest BCUT2D eigenvalue weighted by Gasteiger charge is 2.09. The Balaban J connectivity index is 3.60. The maximum Gasteiger partial charge on any atom is 0.306 e. The Labute approximate surface area is 58.0 Å². The summed E-state index contributed by atoms with van der Waals surface area (Å²) in [6.07, 6.45) is 1.67. The normalized spacial score (nSPS) is 8.67. The number of carbonyl (C=O) groups excluding carboxylic acids is 1. The summed E-state index contributed by atoms with van der Waals surface area (Å²) in [5.41, 5.74) is 0.0856. The molecule has 0 rings (SSSR count). The minimum absolute atomic E-state index is 0.0856. The monoisotopic (exact) mass is 144 g/mol. The molecule has 0 bridgehead atoms. The van der Waals surface area contributed by atoms with Gasteiger partial charge in [-0.3, -0.25) is 4.79 Å². The van der Waals surface area contributed by atoms with Gasteiger partial charge in [-0.15, -0.1) is 0 Å². The van der Waals surface area contributed by atoms with Crippen LogP contribution in [0.1, 0.15) is 6.92 Å². The third-order valence-corrected chi connectivity index (χ3v) is 1.06. The van der Waals surface area contributed by atoms with Crippen LogP contribution >= 0.6 is 11.8 Å². The summed E-state index contributed by atoms with van der Waals surface area (Å²) in [7, 11) is 0. The molecule has 4 heteroatoms. The van der Waals surface area contributed by atoms with E-state index in [2.05, 4.69) is 4.74 Å². The molecule has 1 radical (unpaired) electrons. The molecular weight excluding hydrogens is 138 g/mol. The summed E-state index contributed by atoms with van der Waals surface area (Å²) in [4.78, 5) is 10.2. The van der Waals surface area contributed by atoms with Crippen molar-refractivity contribution < 1.29 is 9.53 Å². The van der Waals surface area contributed by atoms with Gasteiger partial charge in [-0.1, -0.05) is 11.8 Å². The van der Waals surface area contributed by atoms with Crippen LogP contribution in [0.5, 0.6) is 0 Å². The second-order valence-electron chi connectivity index (χ2n) is 1.20. The van der Waals surface area contributed by atoms with E-state index in [1.54, 1.807) is 12.3 Å². The second-order valence-corrected chi connectivity index (χ2v) is 1.98. The third-order valence-electron chi connectivity index (χ3n) is 0.513. The fourth-order valence-electron chi connectivity index (χ4n) is 0.241. The number of hydrogen-bond acceptors (Lipinski definition) is 4. The summed E-state index contributed by atoms with van der Waals surface area (Å²) in [5, 5.41) is 8.19. The summed E-state index contributed by atoms with van der Waals surface area (Å²) < 4.78 is 4.43. The lowest BCUT2D eigenvalue weighted by molar-refractivity contribution is -0.137. The number of hydrogen-bond donors (Lipinski definition) is 0. The molecule has 0 heterocycles. The number of ether oxygens (including phenoxy) is 1. The van der Waals surface area contributed by atoms with E-state index in [1.165, 1.54) is 6.92 Å². The van der Waals surface area contributed by atoms with Gasteiger partial charge in [0.25, 0.3) is 0 Å². The van der Waals surface area contributed by atoms with Gasteiger partial charge in [0.2, 0.25) is 0 Å². The average molecular weight is 144 g/mol. The minimum atomic E-state index is -0.457. The van der Waals surface area contributed by atoms with E-state index in [0.717, 1.165) is 11.8 Å². The number of nitrogens with zero attached hydrogens (tertiary/aromatic N) is 1. The molecule has 0 aliphatic carbocycles. The van der Waals surface area contributed by atoms with Gasteiger partial charge >= 0.3 is 11.4 Å². The molecule has 0 aromatic heterocycles. The lowest BCUT2D eigenvalue weighted by Crippen LogP contribution is -2.01. The van der Waals surface area contributed by atoms with Crippen molar-refractivity contribution in [2.24, 2.45) is 0 Å². The Morgan fingerprint density at radius 3 is 2.44 bits per heavy atom. The molecule has 0 amide bonds. The van der Waals surface area contributed by atoms with Crippen LogP contribution in [0.25, 0.3) is 0 Å². The fraction of sp³-hybridized carbons (Fsp3) is 0.400. The first-order valence-electron chi connectivity index (χ1n) is 2.20. The topological polar surface area (TPSA) is 50.1 Å². The molecule has 0 aliphatic rings. The van der Waals surface area contributed by atoms with Crippen molar-refractivity contribution in [2.75, 3.05) is 6.26 Å². The quantitative estimate of drug-likeness (QED) is 0.541. The number of carbonyl (C=O) groups is 1. The van der Waals surface area contributed by atoms with Crippen molar-refractivity contribution in [3.8, 4) is 6.07 Å². The first-order chi connectivity index (χ1) is 4.20. The third kappa shape index (κ3) is 3.86. The number of nitriles is 1. The van der Waals surface area contributed by atoms with Crippen molar-refractivity contribution in [1.29, 1.82) is 5.26 Å². The lowest BCUT2D eigenvalue weighted by atomic mass is 10.7. The molecule has 0 aromatic rings. The van der Waals surface area contributed by atoms with E-state index in [9.17, 15) is 4.79 Å². The molecule has 0 atom stereocenters. The number of esters is 1. The Hall–Kier alpha value is -0.690. The zero-order chi connectivity index (χ0) is 7.28. The molecule has 9 heavy (non-hydrogen) atoms. The van der Waals surface area contributed by atoms with Crippen LogP contribution < -0.4 is 0 Å². The minimum Gasteiger partial charge on any atom is -0.427 e. The number of thioether (sulfide) groups is 1. The summed E-state index contributed by atoms with van der Waals surface area (Å²) >= 11 is 1.11. The molecule has 0 aliphatic heterocycles. The van der Waals surface area contributed by atoms with Gasteiger partial charge in [0, 0.05) is 6.92 Å². The molecule has 0 unspecified atom stereocenters. The fourth-order valence-corrected chi connectivity index (χ4v) is 0.533. The smallest absolute Gasteiger partial charge is 0.306 e. The van der Waals surface area contributed by atoms with Crippen LogP contribution in [0.3, 0.4) is 0 Å². The number of rotatable bonds is 2. The van der Waals surface area contributed by atoms with E-state index < -0.39 is 5.97 Å². The van der Waals surface area contributed by atoms with Crippen LogP contribution in [0.4, 0.5) is 0 Å². The van der Waals surface area contributed by atoms with Gasteiger partial charge in [0.15, 0.2) is 0 Å². The Bertz CT molecular complexity index is 140. The highest BCUT2D eigenvalue weighted by Crippen LogP contribution is 2.14. The Kier molecular flexibility index (Phi) is 3.89. The predicted octanol–water partition coefficient (Wildman–Crippen LogP) is 0.926. The summed E-state index contributed by atoms with van der Waals surface area (Å²) in [6, 6.07) is 1.72. The molecule has 0 aromatic carbocycles. The molecular formula is C5H6NO2S. The van der Waals surface area contributed by atoms with E-state index in [-0.39, 0.29) is 5.44 Å². The maximum atomic E-state index is 10.2. The molecule has 0 saturated heterocycles. The van der Waals surface area contributed by atoms with Crippen molar-refractivity contribution in [2.45, 2.75) is 6.92 Å². The van der Waals surface area contributed by atoms with Crippen LogP contribution in [0.15, 0.2) is 0 Å². The largest absolute Gasteiger partial charge is 0.427 e. The van der Waals surface area contributed by atoms with E-state index >= 15 is 0 Å². The average Bonchev–Trinajstić information content (AvgIpc) is 1.82. The summed E-state index contributed by atoms with van der Waals surface area (Å²) in [6.45, 7) is 1.26. The Morgan fingerprint density at radius 2 is 2.33 bits per heavy atom. The molecule has 49 valence electrons. The van der Waals surface area contributed by atoms with Gasteiger partial charge in [0.05, 0.1) is 0 Å². The highest BCUT2D eigenvalue weighted by molar-refractivity contribution is 8.01. The van der Waals surface area contributed by atoms with Crippen molar-refractivity contribution >= 4 is 17.7 Å². The summed E-state index contributed by atoms with van der Waals surface area (Å²) in [5.74, 6) is -0.457. The standard InChI is InChI=1S/C5H6NO2S/c1-4(7)8-5(3-6)9-2/h1-2H3. The van der Waals surface area contributed by atoms with E-state index in [1.807, 2.05) is 0 Å². The van der Waals surface area contributed by atoms with Crippen LogP contribution in [-0.2, 0) is 9.53 Å². The molecule has 3 nitrogen and oxygen atoms in total. The van der Waals surface area contributed by atoms with E-state index in [0.29, 0.717) is 0 Å². The van der Waals surface area contributed by atoms with Crippen molar-refractivity contribution in [1.82, 2.24) is 0 Å². The van der Waals surface area contributed by atoms with Crippen molar-refractivity contribution in [3.63, 3.8) is 0 Å². The SMILES string of the molecule is CS[C](C#N)OC(C)=O. The van der Waals surface area contributed by atoms with Crippen molar-refractivity contribution in [3.05, 3.63) is 5.44 Å². The Morgan fingerprint density at radius 1 is 1.78 bits per heavy atom. The van der Waals surface area contributed by atoms with Gasteiger partial charge < -0.3 is 4.74 Å². The van der Waals surface area contributed by atoms with Crippen LogP contribution in [-0.4, -0.2) is 12.2 Å². The zero-order valence-corrected chi connectivity index (χ0v) is 5.99. The lowest BCUT2D eigenvalue weighted by Gasteiger charge is -2.00. The van der Waals surface area contributed by atoms with Gasteiger partial charge in [-0.25, -0.2) is 0 Å². The van der Waals surface area contributed by atoms with Gasteiger partial charge in [-0.05, 0) is 6.26 Å². The van der Waals surface area contributed by atoms with Crippen LogP contribution in [0.2, 0.25) is 0 Å². The second kappa shape index (κ2) is 4.21.